The average molecular weight is 211 g/mol. The van der Waals surface area contributed by atoms with Crippen LogP contribution in [0.3, 0.4) is 0 Å². The molecule has 1 aromatic rings. The first-order chi connectivity index (χ1) is 6.84. The van der Waals surface area contributed by atoms with Crippen molar-refractivity contribution in [3.05, 3.63) is 18.0 Å². The molecule has 0 saturated carbocycles. The van der Waals surface area contributed by atoms with Crippen molar-refractivity contribution >= 4 is 11.8 Å². The van der Waals surface area contributed by atoms with Crippen molar-refractivity contribution < 1.29 is 0 Å². The Morgan fingerprint density at radius 2 is 2.36 bits per heavy atom. The monoisotopic (exact) mass is 211 g/mol. The van der Waals surface area contributed by atoms with Crippen LogP contribution < -0.4 is 5.32 Å². The van der Waals surface area contributed by atoms with E-state index in [4.69, 9.17) is 0 Å². The first kappa shape index (κ1) is 10.1. The Labute approximate surface area is 89.3 Å². The topological polar surface area (TPSA) is 29.9 Å². The molecule has 78 valence electrons. The van der Waals surface area contributed by atoms with Gasteiger partial charge in [-0.3, -0.25) is 4.68 Å². The summed E-state index contributed by atoms with van der Waals surface area (Å²) in [6.45, 7) is 0.961. The van der Waals surface area contributed by atoms with Crippen molar-refractivity contribution in [2.24, 2.45) is 7.05 Å². The van der Waals surface area contributed by atoms with Crippen LogP contribution in [0.4, 0.5) is 0 Å². The van der Waals surface area contributed by atoms with Crippen molar-refractivity contribution in [2.45, 2.75) is 25.4 Å². The maximum Gasteiger partial charge on any atom is 0.0534 e. The Bertz CT molecular complexity index is 279. The molecule has 0 spiro atoms. The van der Waals surface area contributed by atoms with Gasteiger partial charge in [0.25, 0.3) is 0 Å². The number of nitrogens with one attached hydrogen (secondary N) is 1. The Morgan fingerprint density at radius 1 is 1.57 bits per heavy atom. The molecule has 2 rings (SSSR count). The van der Waals surface area contributed by atoms with Crippen molar-refractivity contribution in [3.8, 4) is 0 Å². The molecule has 1 aliphatic heterocycles. The lowest BCUT2D eigenvalue weighted by atomic mass is 10.1. The highest BCUT2D eigenvalue weighted by molar-refractivity contribution is 7.99. The van der Waals surface area contributed by atoms with Gasteiger partial charge in [-0.25, -0.2) is 0 Å². The number of nitrogens with zero attached hydrogens (tertiary/aromatic N) is 2. The molecule has 1 aromatic heterocycles. The first-order valence-electron chi connectivity index (χ1n) is 5.13. The first-order valence-corrected chi connectivity index (χ1v) is 6.29. The van der Waals surface area contributed by atoms with Gasteiger partial charge in [0, 0.05) is 31.4 Å². The maximum atomic E-state index is 4.15. The van der Waals surface area contributed by atoms with Gasteiger partial charge < -0.3 is 5.32 Å². The molecule has 0 atom stereocenters. The maximum absolute atomic E-state index is 4.15. The fraction of sp³-hybridized carbons (Fsp3) is 0.700. The summed E-state index contributed by atoms with van der Waals surface area (Å²) in [7, 11) is 1.96. The molecule has 0 unspecified atom stereocenters. The second kappa shape index (κ2) is 4.84. The third kappa shape index (κ3) is 2.75. The average Bonchev–Trinajstić information content (AvgIpc) is 2.63. The molecule has 3 nitrogen and oxygen atoms in total. The molecule has 0 radical (unpaired) electrons. The van der Waals surface area contributed by atoms with Crippen molar-refractivity contribution in [3.63, 3.8) is 0 Å². The van der Waals surface area contributed by atoms with Crippen LogP contribution in [-0.4, -0.2) is 27.3 Å². The Balaban J connectivity index is 1.76. The summed E-state index contributed by atoms with van der Waals surface area (Å²) in [6, 6.07) is 0.719. The molecular weight excluding hydrogens is 194 g/mol. The van der Waals surface area contributed by atoms with Gasteiger partial charge in [0.05, 0.1) is 6.20 Å². The summed E-state index contributed by atoms with van der Waals surface area (Å²) >= 11 is 2.07. The minimum atomic E-state index is 0.719. The number of thioether (sulfide) groups is 1. The summed E-state index contributed by atoms with van der Waals surface area (Å²) in [5, 5.41) is 7.74. The van der Waals surface area contributed by atoms with Gasteiger partial charge in [0.2, 0.25) is 0 Å². The summed E-state index contributed by atoms with van der Waals surface area (Å²) < 4.78 is 1.85. The summed E-state index contributed by atoms with van der Waals surface area (Å²) in [6.07, 6.45) is 6.63. The van der Waals surface area contributed by atoms with E-state index in [1.807, 2.05) is 17.9 Å². The van der Waals surface area contributed by atoms with E-state index < -0.39 is 0 Å². The third-order valence-electron chi connectivity index (χ3n) is 2.57. The van der Waals surface area contributed by atoms with E-state index in [0.29, 0.717) is 0 Å². The van der Waals surface area contributed by atoms with Crippen LogP contribution in [-0.2, 0) is 13.6 Å². The van der Waals surface area contributed by atoms with Crippen LogP contribution >= 0.6 is 11.8 Å². The molecule has 0 aliphatic carbocycles. The minimum Gasteiger partial charge on any atom is -0.310 e. The van der Waals surface area contributed by atoms with Crippen LogP contribution in [0.2, 0.25) is 0 Å². The normalized spacial score (nSPS) is 18.6. The third-order valence-corrected chi connectivity index (χ3v) is 3.62. The fourth-order valence-corrected chi connectivity index (χ4v) is 2.83. The molecule has 0 bridgehead atoms. The Morgan fingerprint density at radius 3 is 3.00 bits per heavy atom. The van der Waals surface area contributed by atoms with E-state index in [9.17, 15) is 0 Å². The van der Waals surface area contributed by atoms with E-state index in [2.05, 4.69) is 28.4 Å². The lowest BCUT2D eigenvalue weighted by Crippen LogP contribution is -2.31. The van der Waals surface area contributed by atoms with Crippen LogP contribution in [0.15, 0.2) is 12.4 Å². The number of hydrogen-bond donors (Lipinski definition) is 1. The highest BCUT2D eigenvalue weighted by Crippen LogP contribution is 2.17. The lowest BCUT2D eigenvalue weighted by molar-refractivity contribution is 0.482. The highest BCUT2D eigenvalue weighted by Gasteiger charge is 2.12. The molecule has 1 saturated heterocycles. The number of hydrogen-bond acceptors (Lipinski definition) is 3. The minimum absolute atomic E-state index is 0.719. The van der Waals surface area contributed by atoms with Gasteiger partial charge >= 0.3 is 0 Å². The fourth-order valence-electron chi connectivity index (χ4n) is 1.73. The molecule has 14 heavy (non-hydrogen) atoms. The van der Waals surface area contributed by atoms with Crippen LogP contribution in [0.1, 0.15) is 18.4 Å². The second-order valence-electron chi connectivity index (χ2n) is 3.79. The molecule has 1 N–H and O–H groups in total. The molecule has 4 heteroatoms. The van der Waals surface area contributed by atoms with Crippen molar-refractivity contribution in [1.29, 1.82) is 0 Å². The van der Waals surface area contributed by atoms with Gasteiger partial charge in [-0.05, 0) is 24.3 Å². The molecule has 1 aliphatic rings. The Hall–Kier alpha value is -0.480. The summed E-state index contributed by atoms with van der Waals surface area (Å²) in [5.74, 6) is 2.62. The quantitative estimate of drug-likeness (QED) is 0.820. The van der Waals surface area contributed by atoms with E-state index in [-0.39, 0.29) is 0 Å². The Kier molecular flexibility index (Phi) is 3.48. The van der Waals surface area contributed by atoms with E-state index >= 15 is 0 Å². The lowest BCUT2D eigenvalue weighted by Gasteiger charge is -2.22. The van der Waals surface area contributed by atoms with Crippen molar-refractivity contribution in [1.82, 2.24) is 15.1 Å². The van der Waals surface area contributed by atoms with Crippen LogP contribution in [0.25, 0.3) is 0 Å². The van der Waals surface area contributed by atoms with Gasteiger partial charge in [0.15, 0.2) is 0 Å². The van der Waals surface area contributed by atoms with Gasteiger partial charge in [0.1, 0.15) is 0 Å². The molecule has 0 aromatic carbocycles. The SMILES string of the molecule is Cn1cc(CNC2CCSCC2)cn1. The highest BCUT2D eigenvalue weighted by atomic mass is 32.2. The predicted octanol–water partition coefficient (Wildman–Crippen LogP) is 1.41. The molecule has 0 amide bonds. The number of aryl methyl sites for hydroxylation is 1. The standard InChI is InChI=1S/C10H17N3S/c1-13-8-9(7-12-13)6-11-10-2-4-14-5-3-10/h7-8,10-11H,2-6H2,1H3. The number of rotatable bonds is 3. The van der Waals surface area contributed by atoms with Gasteiger partial charge in [-0.1, -0.05) is 0 Å². The smallest absolute Gasteiger partial charge is 0.0534 e. The zero-order chi connectivity index (χ0) is 9.80. The zero-order valence-corrected chi connectivity index (χ0v) is 9.39. The molecule has 2 heterocycles. The van der Waals surface area contributed by atoms with Crippen LogP contribution in [0.5, 0.6) is 0 Å². The summed E-state index contributed by atoms with van der Waals surface area (Å²) in [4.78, 5) is 0. The van der Waals surface area contributed by atoms with E-state index in [0.717, 1.165) is 12.6 Å². The summed E-state index contributed by atoms with van der Waals surface area (Å²) in [5.41, 5.74) is 1.28. The largest absolute Gasteiger partial charge is 0.310 e. The van der Waals surface area contributed by atoms with Gasteiger partial charge in [-0.2, -0.15) is 16.9 Å². The predicted molar refractivity (Wildman–Crippen MR) is 60.4 cm³/mol. The van der Waals surface area contributed by atoms with Gasteiger partial charge in [-0.15, -0.1) is 0 Å². The zero-order valence-electron chi connectivity index (χ0n) is 8.57. The number of aromatic nitrogens is 2. The second-order valence-corrected chi connectivity index (χ2v) is 5.01. The van der Waals surface area contributed by atoms with E-state index in [1.165, 1.54) is 29.9 Å². The van der Waals surface area contributed by atoms with Crippen LogP contribution in [0, 0.1) is 0 Å². The van der Waals surface area contributed by atoms with Crippen molar-refractivity contribution in [2.75, 3.05) is 11.5 Å². The molecular formula is C10H17N3S. The molecule has 1 fully saturated rings. The van der Waals surface area contributed by atoms with E-state index in [1.54, 1.807) is 0 Å².